The smallest absolute Gasteiger partial charge is 0.0732 e. The van der Waals surface area contributed by atoms with Crippen molar-refractivity contribution in [1.82, 2.24) is 0 Å². The van der Waals surface area contributed by atoms with Crippen LogP contribution in [-0.4, -0.2) is 0 Å². The summed E-state index contributed by atoms with van der Waals surface area (Å²) in [6, 6.07) is 88.9. The molecule has 0 N–H and O–H groups in total. The predicted octanol–water partition coefficient (Wildman–Crippen LogP) is 15.8. The molecule has 0 radical (unpaired) electrons. The highest BCUT2D eigenvalue weighted by Gasteiger charge is 2.53. The van der Waals surface area contributed by atoms with E-state index in [1.54, 1.807) is 0 Å². The van der Waals surface area contributed by atoms with Gasteiger partial charge in [0.1, 0.15) is 0 Å². The lowest BCUT2D eigenvalue weighted by molar-refractivity contribution is 0.801. The van der Waals surface area contributed by atoms with E-state index in [2.05, 4.69) is 252 Å². The molecule has 0 fully saturated rings. The zero-order chi connectivity index (χ0) is 40.3. The summed E-state index contributed by atoms with van der Waals surface area (Å²) in [5.41, 5.74) is 19.0. The van der Waals surface area contributed by atoms with Gasteiger partial charge in [0.15, 0.2) is 0 Å². The first-order valence-corrected chi connectivity index (χ1v) is 21.1. The highest BCUT2D eigenvalue weighted by Crippen LogP contribution is 2.66. The van der Waals surface area contributed by atoms with Crippen LogP contribution in [0.4, 0.5) is 34.1 Å². The van der Waals surface area contributed by atoms with Gasteiger partial charge in [0.25, 0.3) is 0 Å². The average Bonchev–Trinajstić information content (AvgIpc) is 3.81. The van der Waals surface area contributed by atoms with Crippen LogP contribution in [0.5, 0.6) is 0 Å². The molecule has 2 aliphatic rings. The minimum Gasteiger partial charge on any atom is -0.310 e. The first-order valence-electron chi connectivity index (χ1n) is 21.1. The highest BCUT2D eigenvalue weighted by atomic mass is 15.2. The maximum absolute atomic E-state index is 2.47. The number of benzene rings is 10. The molecule has 286 valence electrons. The Morgan fingerprint density at radius 3 is 1.34 bits per heavy atom. The number of hydrogen-bond acceptors (Lipinski definition) is 2. The molecule has 0 heterocycles. The molecule has 10 aromatic rings. The summed E-state index contributed by atoms with van der Waals surface area (Å²) < 4.78 is 0. The minimum absolute atomic E-state index is 0.560. The van der Waals surface area contributed by atoms with E-state index < -0.39 is 5.41 Å². The topological polar surface area (TPSA) is 6.48 Å². The summed E-state index contributed by atoms with van der Waals surface area (Å²) >= 11 is 0. The van der Waals surface area contributed by atoms with Gasteiger partial charge >= 0.3 is 0 Å². The maximum Gasteiger partial charge on any atom is 0.0732 e. The number of rotatable bonds is 7. The normalized spacial score (nSPS) is 14.3. The van der Waals surface area contributed by atoms with Crippen LogP contribution < -0.4 is 9.80 Å². The Labute approximate surface area is 356 Å². The summed E-state index contributed by atoms with van der Waals surface area (Å²) in [6.45, 7) is 0. The fraction of sp³-hybridized carbons (Fsp3) is 0.0169. The fourth-order valence-electron chi connectivity index (χ4n) is 10.4. The van der Waals surface area contributed by atoms with Crippen LogP contribution in [0.25, 0.3) is 44.2 Å². The van der Waals surface area contributed by atoms with Crippen molar-refractivity contribution in [3.63, 3.8) is 0 Å². The molecule has 2 nitrogen and oxygen atoms in total. The van der Waals surface area contributed by atoms with E-state index in [1.165, 1.54) is 66.4 Å². The van der Waals surface area contributed by atoms with Crippen molar-refractivity contribution in [3.05, 3.63) is 265 Å². The van der Waals surface area contributed by atoms with Gasteiger partial charge in [-0.3, -0.25) is 0 Å². The van der Waals surface area contributed by atoms with E-state index in [-0.39, 0.29) is 0 Å². The summed E-state index contributed by atoms with van der Waals surface area (Å²) in [4.78, 5) is 4.87. The molecule has 61 heavy (non-hydrogen) atoms. The number of hydrogen-bond donors (Lipinski definition) is 0. The molecule has 0 aliphatic heterocycles. The lowest BCUT2D eigenvalue weighted by Crippen LogP contribution is -2.26. The van der Waals surface area contributed by atoms with Gasteiger partial charge in [0, 0.05) is 33.7 Å². The van der Waals surface area contributed by atoms with Crippen LogP contribution in [0.2, 0.25) is 0 Å². The molecule has 12 rings (SSSR count). The van der Waals surface area contributed by atoms with E-state index in [0.29, 0.717) is 0 Å². The average molecular weight is 777 g/mol. The van der Waals surface area contributed by atoms with E-state index >= 15 is 0 Å². The van der Waals surface area contributed by atoms with Gasteiger partial charge in [-0.2, -0.15) is 0 Å². The standard InChI is InChI=1S/C59H40N2/c1-5-20-41(21-6-1)42-36-38-46(39-37-42)60(43-22-7-2-8-23-43)55-35-19-34-54-57(55)50-31-16-18-33-53(50)59(54)52-32-17-15-28-47(52)51-40-56(48-29-13-14-30-49(48)58(51)59)61(44-24-9-3-10-25-44)45-26-11-4-12-27-45/h1-40H. The van der Waals surface area contributed by atoms with Gasteiger partial charge in [-0.15, -0.1) is 0 Å². The Morgan fingerprint density at radius 2 is 0.721 bits per heavy atom. The molecule has 0 amide bonds. The fourth-order valence-corrected chi connectivity index (χ4v) is 10.4. The van der Waals surface area contributed by atoms with Crippen molar-refractivity contribution in [3.8, 4) is 33.4 Å². The van der Waals surface area contributed by atoms with Crippen LogP contribution >= 0.6 is 0 Å². The molecule has 0 bridgehead atoms. The van der Waals surface area contributed by atoms with Crippen LogP contribution in [0.15, 0.2) is 243 Å². The summed E-state index contributed by atoms with van der Waals surface area (Å²) in [5, 5.41) is 2.47. The second-order valence-electron chi connectivity index (χ2n) is 16.0. The van der Waals surface area contributed by atoms with Gasteiger partial charge < -0.3 is 9.80 Å². The predicted molar refractivity (Wildman–Crippen MR) is 255 cm³/mol. The monoisotopic (exact) mass is 776 g/mol. The van der Waals surface area contributed by atoms with Crippen LogP contribution in [0.3, 0.4) is 0 Å². The lowest BCUT2D eigenvalue weighted by atomic mass is 9.69. The molecule has 10 aromatic carbocycles. The summed E-state index contributed by atoms with van der Waals surface area (Å²) in [5.74, 6) is 0. The Kier molecular flexibility index (Phi) is 8.11. The summed E-state index contributed by atoms with van der Waals surface area (Å²) in [6.07, 6.45) is 0. The first kappa shape index (κ1) is 35.0. The van der Waals surface area contributed by atoms with Gasteiger partial charge in [-0.25, -0.2) is 0 Å². The van der Waals surface area contributed by atoms with Crippen molar-refractivity contribution >= 4 is 44.9 Å². The molecular weight excluding hydrogens is 737 g/mol. The largest absolute Gasteiger partial charge is 0.310 e. The highest BCUT2D eigenvalue weighted by molar-refractivity contribution is 6.11. The van der Waals surface area contributed by atoms with E-state index in [9.17, 15) is 0 Å². The molecule has 1 unspecified atom stereocenters. The third-order valence-electron chi connectivity index (χ3n) is 12.8. The Balaban J connectivity index is 1.14. The first-order chi connectivity index (χ1) is 30.3. The third-order valence-corrected chi connectivity index (χ3v) is 12.8. The zero-order valence-corrected chi connectivity index (χ0v) is 33.5. The molecule has 2 heteroatoms. The van der Waals surface area contributed by atoms with Crippen molar-refractivity contribution in [1.29, 1.82) is 0 Å². The third kappa shape index (κ3) is 5.29. The molecule has 0 aromatic heterocycles. The SMILES string of the molecule is c1ccc(-c2ccc(N(c3ccccc3)c3cccc4c3-c3ccccc3C43c4ccccc4-c4cc(N(c5ccccc5)c5ccccc5)c5ccccc5c43)cc2)cc1. The number of para-hydroxylation sites is 3. The van der Waals surface area contributed by atoms with Crippen LogP contribution in [0.1, 0.15) is 22.3 Å². The van der Waals surface area contributed by atoms with Crippen LogP contribution in [0, 0.1) is 0 Å². The maximum atomic E-state index is 2.47. The Hall–Kier alpha value is -7.94. The second kappa shape index (κ2) is 14.1. The van der Waals surface area contributed by atoms with Gasteiger partial charge in [-0.05, 0) is 116 Å². The van der Waals surface area contributed by atoms with Gasteiger partial charge in [0.05, 0.1) is 16.8 Å². The van der Waals surface area contributed by atoms with E-state index in [0.717, 1.165) is 34.1 Å². The number of anilines is 6. The number of nitrogens with zero attached hydrogens (tertiary/aromatic N) is 2. The van der Waals surface area contributed by atoms with Crippen molar-refractivity contribution in [2.45, 2.75) is 5.41 Å². The van der Waals surface area contributed by atoms with Crippen LogP contribution in [-0.2, 0) is 5.41 Å². The molecule has 0 saturated heterocycles. The summed E-state index contributed by atoms with van der Waals surface area (Å²) in [7, 11) is 0. The van der Waals surface area contributed by atoms with Gasteiger partial charge in [0.2, 0.25) is 0 Å². The van der Waals surface area contributed by atoms with E-state index in [4.69, 9.17) is 0 Å². The minimum atomic E-state index is -0.560. The van der Waals surface area contributed by atoms with E-state index in [1.807, 2.05) is 0 Å². The zero-order valence-electron chi connectivity index (χ0n) is 33.5. The molecular formula is C59H40N2. The molecule has 2 aliphatic carbocycles. The lowest BCUT2D eigenvalue weighted by Gasteiger charge is -2.33. The quantitative estimate of drug-likeness (QED) is 0.159. The van der Waals surface area contributed by atoms with Crippen molar-refractivity contribution in [2.24, 2.45) is 0 Å². The molecule has 1 spiro atoms. The molecule has 0 saturated carbocycles. The Bertz CT molecular complexity index is 3190. The molecule has 1 atom stereocenters. The second-order valence-corrected chi connectivity index (χ2v) is 16.0. The van der Waals surface area contributed by atoms with Crippen molar-refractivity contribution < 1.29 is 0 Å². The van der Waals surface area contributed by atoms with Crippen molar-refractivity contribution in [2.75, 3.05) is 9.80 Å². The number of fused-ring (bicyclic) bond motifs is 12. The van der Waals surface area contributed by atoms with Gasteiger partial charge in [-0.1, -0.05) is 182 Å². The Morgan fingerprint density at radius 1 is 0.279 bits per heavy atom.